The number of hydrogen-bond donors (Lipinski definition) is 0. The fraction of sp³-hybridized carbons (Fsp3) is 0.478. The molecule has 2 rings (SSSR count). The molecule has 0 aromatic heterocycles. The van der Waals surface area contributed by atoms with Gasteiger partial charge in [-0.3, -0.25) is 0 Å². The molecule has 0 aliphatic carbocycles. The van der Waals surface area contributed by atoms with Crippen molar-refractivity contribution >= 4 is 0 Å². The predicted octanol–water partition coefficient (Wildman–Crippen LogP) is 5.19. The Hall–Kier alpha value is -2.04. The SMILES string of the molecule is CCCOCCOc1ccc(C)cc1-c1cc(C)ccc1OCCOCC. The molecular weight excluding hydrogens is 340 g/mol. The van der Waals surface area contributed by atoms with E-state index < -0.39 is 0 Å². The standard InChI is InChI=1S/C23H32O4/c1-5-11-25-13-15-27-23-10-8-19(4)17-21(23)20-16-18(3)7-9-22(20)26-14-12-24-6-2/h7-10,16-17H,5-6,11-15H2,1-4H3. The average Bonchev–Trinajstić information content (AvgIpc) is 2.67. The highest BCUT2D eigenvalue weighted by Crippen LogP contribution is 2.37. The van der Waals surface area contributed by atoms with Crippen molar-refractivity contribution in [3.8, 4) is 22.6 Å². The maximum atomic E-state index is 6.03. The first kappa shape index (κ1) is 21.3. The van der Waals surface area contributed by atoms with Crippen LogP contribution >= 0.6 is 0 Å². The van der Waals surface area contributed by atoms with Gasteiger partial charge in [-0.1, -0.05) is 30.2 Å². The van der Waals surface area contributed by atoms with E-state index >= 15 is 0 Å². The van der Waals surface area contributed by atoms with E-state index in [0.717, 1.165) is 35.7 Å². The van der Waals surface area contributed by atoms with Crippen LogP contribution in [0.15, 0.2) is 36.4 Å². The van der Waals surface area contributed by atoms with E-state index in [4.69, 9.17) is 18.9 Å². The molecule has 0 fully saturated rings. The molecule has 2 aromatic carbocycles. The summed E-state index contributed by atoms with van der Waals surface area (Å²) in [6.07, 6.45) is 1.02. The van der Waals surface area contributed by atoms with Gasteiger partial charge in [-0.15, -0.1) is 0 Å². The van der Waals surface area contributed by atoms with E-state index in [0.29, 0.717) is 33.0 Å². The van der Waals surface area contributed by atoms with Crippen molar-refractivity contribution in [2.45, 2.75) is 34.1 Å². The lowest BCUT2D eigenvalue weighted by Crippen LogP contribution is -2.09. The smallest absolute Gasteiger partial charge is 0.127 e. The Balaban J connectivity index is 2.22. The third kappa shape index (κ3) is 6.89. The van der Waals surface area contributed by atoms with Crippen molar-refractivity contribution in [1.82, 2.24) is 0 Å². The molecule has 4 heteroatoms. The van der Waals surface area contributed by atoms with E-state index in [9.17, 15) is 0 Å². The third-order valence-electron chi connectivity index (χ3n) is 4.08. The highest BCUT2D eigenvalue weighted by atomic mass is 16.5. The fourth-order valence-electron chi connectivity index (χ4n) is 2.77. The maximum Gasteiger partial charge on any atom is 0.127 e. The minimum atomic E-state index is 0.525. The van der Waals surface area contributed by atoms with Gasteiger partial charge in [0.25, 0.3) is 0 Å². The number of hydrogen-bond acceptors (Lipinski definition) is 4. The van der Waals surface area contributed by atoms with Crippen LogP contribution in [0.25, 0.3) is 11.1 Å². The fourth-order valence-corrected chi connectivity index (χ4v) is 2.77. The van der Waals surface area contributed by atoms with Crippen LogP contribution in [0, 0.1) is 13.8 Å². The zero-order chi connectivity index (χ0) is 19.5. The maximum absolute atomic E-state index is 6.03. The minimum Gasteiger partial charge on any atom is -0.491 e. The summed E-state index contributed by atoms with van der Waals surface area (Å²) >= 11 is 0. The summed E-state index contributed by atoms with van der Waals surface area (Å²) in [5.41, 5.74) is 4.45. The first-order chi connectivity index (χ1) is 13.2. The molecule has 0 heterocycles. The van der Waals surface area contributed by atoms with Gasteiger partial charge in [0, 0.05) is 24.3 Å². The van der Waals surface area contributed by atoms with E-state index in [-0.39, 0.29) is 0 Å². The van der Waals surface area contributed by atoms with Crippen LogP contribution in [-0.4, -0.2) is 39.6 Å². The second-order valence-corrected chi connectivity index (χ2v) is 6.51. The molecule has 0 N–H and O–H groups in total. The Bertz CT molecular complexity index is 697. The van der Waals surface area contributed by atoms with Crippen LogP contribution in [0.5, 0.6) is 11.5 Å². The summed E-state index contributed by atoms with van der Waals surface area (Å²) in [7, 11) is 0. The van der Waals surface area contributed by atoms with Gasteiger partial charge in [-0.25, -0.2) is 0 Å². The number of ether oxygens (including phenoxy) is 4. The van der Waals surface area contributed by atoms with Gasteiger partial charge in [0.2, 0.25) is 0 Å². The van der Waals surface area contributed by atoms with Crippen molar-refractivity contribution in [3.05, 3.63) is 47.5 Å². The monoisotopic (exact) mass is 372 g/mol. The first-order valence-electron chi connectivity index (χ1n) is 9.78. The molecule has 148 valence electrons. The quantitative estimate of drug-likeness (QED) is 0.480. The summed E-state index contributed by atoms with van der Waals surface area (Å²) in [5, 5.41) is 0. The zero-order valence-electron chi connectivity index (χ0n) is 17.0. The third-order valence-corrected chi connectivity index (χ3v) is 4.08. The van der Waals surface area contributed by atoms with Crippen LogP contribution in [0.4, 0.5) is 0 Å². The molecule has 0 aliphatic heterocycles. The second-order valence-electron chi connectivity index (χ2n) is 6.51. The first-order valence-corrected chi connectivity index (χ1v) is 9.78. The molecule has 0 radical (unpaired) electrons. The lowest BCUT2D eigenvalue weighted by atomic mass is 9.99. The van der Waals surface area contributed by atoms with Gasteiger partial charge in [0.15, 0.2) is 0 Å². The van der Waals surface area contributed by atoms with E-state index in [1.54, 1.807) is 0 Å². The van der Waals surface area contributed by atoms with Gasteiger partial charge in [-0.05, 0) is 51.5 Å². The summed E-state index contributed by atoms with van der Waals surface area (Å²) in [6.45, 7) is 11.9. The largest absolute Gasteiger partial charge is 0.491 e. The van der Waals surface area contributed by atoms with Crippen LogP contribution in [0.2, 0.25) is 0 Å². The van der Waals surface area contributed by atoms with Gasteiger partial charge in [-0.2, -0.15) is 0 Å². The average molecular weight is 373 g/mol. The Morgan fingerprint density at radius 3 is 1.63 bits per heavy atom. The summed E-state index contributed by atoms with van der Waals surface area (Å²) < 4.78 is 22.9. The van der Waals surface area contributed by atoms with Gasteiger partial charge in [0.05, 0.1) is 13.2 Å². The Kier molecular flexibility index (Phi) is 9.16. The van der Waals surface area contributed by atoms with Crippen molar-refractivity contribution in [2.24, 2.45) is 0 Å². The van der Waals surface area contributed by atoms with Crippen LogP contribution < -0.4 is 9.47 Å². The van der Waals surface area contributed by atoms with Crippen LogP contribution in [0.1, 0.15) is 31.4 Å². The molecule has 0 saturated carbocycles. The molecule has 0 atom stereocenters. The molecule has 2 aromatic rings. The zero-order valence-corrected chi connectivity index (χ0v) is 17.0. The lowest BCUT2D eigenvalue weighted by molar-refractivity contribution is 0.101. The highest BCUT2D eigenvalue weighted by Gasteiger charge is 2.13. The Morgan fingerprint density at radius 1 is 0.630 bits per heavy atom. The number of aryl methyl sites for hydroxylation is 2. The predicted molar refractivity (Wildman–Crippen MR) is 110 cm³/mol. The van der Waals surface area contributed by atoms with Gasteiger partial charge < -0.3 is 18.9 Å². The number of rotatable bonds is 12. The second kappa shape index (κ2) is 11.6. The van der Waals surface area contributed by atoms with Gasteiger partial charge >= 0.3 is 0 Å². The summed E-state index contributed by atoms with van der Waals surface area (Å²) in [5.74, 6) is 1.69. The molecule has 0 saturated heterocycles. The van der Waals surface area contributed by atoms with Crippen LogP contribution in [-0.2, 0) is 9.47 Å². The van der Waals surface area contributed by atoms with E-state index in [1.165, 1.54) is 11.1 Å². The lowest BCUT2D eigenvalue weighted by Gasteiger charge is -2.17. The van der Waals surface area contributed by atoms with E-state index in [2.05, 4.69) is 45.0 Å². The summed E-state index contributed by atoms with van der Waals surface area (Å²) in [4.78, 5) is 0. The molecule has 0 aliphatic rings. The molecule has 27 heavy (non-hydrogen) atoms. The molecule has 0 unspecified atom stereocenters. The van der Waals surface area contributed by atoms with Crippen molar-refractivity contribution in [1.29, 1.82) is 0 Å². The van der Waals surface area contributed by atoms with Gasteiger partial charge in [0.1, 0.15) is 24.7 Å². The highest BCUT2D eigenvalue weighted by molar-refractivity contribution is 5.77. The minimum absolute atomic E-state index is 0.525. The number of benzene rings is 2. The Labute approximate surface area is 163 Å². The Morgan fingerprint density at radius 2 is 1.15 bits per heavy atom. The van der Waals surface area contributed by atoms with Crippen molar-refractivity contribution in [3.63, 3.8) is 0 Å². The normalized spacial score (nSPS) is 10.8. The molecule has 4 nitrogen and oxygen atoms in total. The molecule has 0 amide bonds. The van der Waals surface area contributed by atoms with Crippen molar-refractivity contribution in [2.75, 3.05) is 39.6 Å². The van der Waals surface area contributed by atoms with E-state index in [1.807, 2.05) is 19.1 Å². The van der Waals surface area contributed by atoms with Crippen molar-refractivity contribution < 1.29 is 18.9 Å². The summed E-state index contributed by atoms with van der Waals surface area (Å²) in [6, 6.07) is 12.5. The molecule has 0 spiro atoms. The molecular formula is C23H32O4. The van der Waals surface area contributed by atoms with Crippen LogP contribution in [0.3, 0.4) is 0 Å². The molecule has 0 bridgehead atoms. The topological polar surface area (TPSA) is 36.9 Å².